The summed E-state index contributed by atoms with van der Waals surface area (Å²) >= 11 is 0. The predicted molar refractivity (Wildman–Crippen MR) is 153 cm³/mol. The van der Waals surface area contributed by atoms with E-state index in [1.54, 1.807) is 23.5 Å². The lowest BCUT2D eigenvalue weighted by atomic mass is 10.1. The highest BCUT2D eigenvalue weighted by Gasteiger charge is 2.29. The maximum absolute atomic E-state index is 13.3. The number of methoxy groups -OCH3 is 1. The number of carbonyl (C=O) groups is 1. The first-order chi connectivity index (χ1) is 18.8. The van der Waals surface area contributed by atoms with Crippen LogP contribution in [0.3, 0.4) is 0 Å². The Labute approximate surface area is 231 Å². The van der Waals surface area contributed by atoms with Crippen LogP contribution in [0.4, 0.5) is 5.69 Å². The number of carbonyl (C=O) groups excluding carboxylic acids is 1. The van der Waals surface area contributed by atoms with E-state index in [9.17, 15) is 13.2 Å². The molecule has 2 heterocycles. The van der Waals surface area contributed by atoms with Crippen LogP contribution in [-0.4, -0.2) is 87.9 Å². The average molecular weight is 549 g/mol. The Morgan fingerprint density at radius 2 is 1.51 bits per heavy atom. The zero-order valence-corrected chi connectivity index (χ0v) is 23.4. The third kappa shape index (κ3) is 6.11. The van der Waals surface area contributed by atoms with Crippen molar-refractivity contribution in [3.05, 3.63) is 89.5 Å². The first-order valence-electron chi connectivity index (χ1n) is 13.4. The van der Waals surface area contributed by atoms with Gasteiger partial charge in [-0.15, -0.1) is 0 Å². The van der Waals surface area contributed by atoms with Gasteiger partial charge in [0.05, 0.1) is 17.7 Å². The second-order valence-electron chi connectivity index (χ2n) is 10.1. The number of rotatable bonds is 7. The van der Waals surface area contributed by atoms with Gasteiger partial charge in [-0.05, 0) is 48.9 Å². The van der Waals surface area contributed by atoms with Gasteiger partial charge in [0.1, 0.15) is 5.75 Å². The molecule has 206 valence electrons. The third-order valence-electron chi connectivity index (χ3n) is 7.56. The molecule has 2 aliphatic heterocycles. The molecule has 8 nitrogen and oxygen atoms in total. The summed E-state index contributed by atoms with van der Waals surface area (Å²) in [4.78, 5) is 20.1. The molecule has 2 fully saturated rings. The Kier molecular flexibility index (Phi) is 8.20. The first kappa shape index (κ1) is 27.2. The Morgan fingerprint density at radius 3 is 2.21 bits per heavy atom. The molecule has 0 aliphatic carbocycles. The monoisotopic (exact) mass is 548 g/mol. The number of ether oxygens (including phenoxy) is 1. The molecule has 2 aliphatic rings. The summed E-state index contributed by atoms with van der Waals surface area (Å²) in [5, 5.41) is 0. The Morgan fingerprint density at radius 1 is 0.821 bits per heavy atom. The van der Waals surface area contributed by atoms with Crippen LogP contribution in [0.25, 0.3) is 0 Å². The number of hydrogen-bond donors (Lipinski definition) is 0. The number of nitrogens with zero attached hydrogens (tertiary/aromatic N) is 4. The molecule has 3 aromatic carbocycles. The van der Waals surface area contributed by atoms with Crippen LogP contribution in [0.1, 0.15) is 21.5 Å². The van der Waals surface area contributed by atoms with Crippen LogP contribution < -0.4 is 9.64 Å². The van der Waals surface area contributed by atoms with Crippen LogP contribution in [0.5, 0.6) is 5.75 Å². The molecule has 0 saturated carbocycles. The number of para-hydroxylation sites is 2. The van der Waals surface area contributed by atoms with E-state index in [1.807, 2.05) is 66.4 Å². The van der Waals surface area contributed by atoms with Crippen molar-refractivity contribution in [2.75, 3.05) is 64.4 Å². The fraction of sp³-hybridized carbons (Fsp3) is 0.367. The van der Waals surface area contributed by atoms with Gasteiger partial charge in [0, 0.05) is 64.5 Å². The molecule has 39 heavy (non-hydrogen) atoms. The smallest absolute Gasteiger partial charge is 0.253 e. The maximum atomic E-state index is 13.3. The van der Waals surface area contributed by atoms with Crippen LogP contribution in [0.2, 0.25) is 0 Å². The second-order valence-corrected chi connectivity index (χ2v) is 12.1. The van der Waals surface area contributed by atoms with Gasteiger partial charge in [0.25, 0.3) is 5.91 Å². The highest BCUT2D eigenvalue weighted by molar-refractivity contribution is 7.89. The zero-order valence-electron chi connectivity index (χ0n) is 22.6. The van der Waals surface area contributed by atoms with Crippen molar-refractivity contribution in [1.29, 1.82) is 0 Å². The summed E-state index contributed by atoms with van der Waals surface area (Å²) < 4.78 is 33.1. The van der Waals surface area contributed by atoms with E-state index >= 15 is 0 Å². The van der Waals surface area contributed by atoms with Gasteiger partial charge in [-0.25, -0.2) is 8.42 Å². The van der Waals surface area contributed by atoms with Crippen molar-refractivity contribution in [2.24, 2.45) is 0 Å². The minimum absolute atomic E-state index is 0.0468. The molecule has 1 amide bonds. The van der Waals surface area contributed by atoms with E-state index in [1.165, 1.54) is 0 Å². The fourth-order valence-electron chi connectivity index (χ4n) is 5.27. The summed E-state index contributed by atoms with van der Waals surface area (Å²) in [6, 6.07) is 22.8. The standard InChI is InChI=1S/C30H36N4O4S/c1-24-10-12-27(13-11-24)39(36,37)34-20-14-31(15-21-34)23-25-6-5-7-26(22-25)30(35)33-18-16-32(17-19-33)28-8-3-4-9-29(28)38-2/h3-13,22H,14-21,23H2,1-2H3. The van der Waals surface area contributed by atoms with E-state index in [2.05, 4.69) is 15.9 Å². The number of sulfonamides is 1. The van der Waals surface area contributed by atoms with Gasteiger partial charge in [-0.3, -0.25) is 9.69 Å². The van der Waals surface area contributed by atoms with Gasteiger partial charge in [-0.2, -0.15) is 4.31 Å². The lowest BCUT2D eigenvalue weighted by Crippen LogP contribution is -2.49. The number of aryl methyl sites for hydroxylation is 1. The molecule has 2 saturated heterocycles. The summed E-state index contributed by atoms with van der Waals surface area (Å²) in [7, 11) is -1.81. The van der Waals surface area contributed by atoms with E-state index in [-0.39, 0.29) is 5.91 Å². The molecular formula is C30H36N4O4S. The van der Waals surface area contributed by atoms with E-state index in [0.29, 0.717) is 56.3 Å². The summed E-state index contributed by atoms with van der Waals surface area (Å²) in [6.07, 6.45) is 0. The molecule has 9 heteroatoms. The molecule has 5 rings (SSSR count). The first-order valence-corrected chi connectivity index (χ1v) is 14.8. The second kappa shape index (κ2) is 11.8. The minimum Gasteiger partial charge on any atom is -0.495 e. The molecule has 0 aromatic heterocycles. The van der Waals surface area contributed by atoms with Crippen molar-refractivity contribution in [3.8, 4) is 5.75 Å². The van der Waals surface area contributed by atoms with Crippen molar-refractivity contribution in [2.45, 2.75) is 18.4 Å². The Balaban J connectivity index is 1.15. The maximum Gasteiger partial charge on any atom is 0.253 e. The molecule has 0 unspecified atom stereocenters. The van der Waals surface area contributed by atoms with Gasteiger partial charge in [-0.1, -0.05) is 42.0 Å². The molecule has 0 radical (unpaired) electrons. The average Bonchev–Trinajstić information content (AvgIpc) is 2.97. The van der Waals surface area contributed by atoms with Crippen LogP contribution in [-0.2, 0) is 16.6 Å². The SMILES string of the molecule is COc1ccccc1N1CCN(C(=O)c2cccc(CN3CCN(S(=O)(=O)c4ccc(C)cc4)CC3)c2)CC1. The van der Waals surface area contributed by atoms with Crippen LogP contribution in [0, 0.1) is 6.92 Å². The van der Waals surface area contributed by atoms with Crippen LogP contribution in [0.15, 0.2) is 77.7 Å². The molecule has 0 spiro atoms. The number of amides is 1. The normalized spacial score (nSPS) is 17.3. The number of hydrogen-bond acceptors (Lipinski definition) is 6. The van der Waals surface area contributed by atoms with Crippen molar-refractivity contribution >= 4 is 21.6 Å². The highest BCUT2D eigenvalue weighted by atomic mass is 32.2. The molecule has 3 aromatic rings. The number of benzene rings is 3. The van der Waals surface area contributed by atoms with Crippen molar-refractivity contribution in [1.82, 2.24) is 14.1 Å². The Bertz CT molecular complexity index is 1390. The molecular weight excluding hydrogens is 512 g/mol. The third-order valence-corrected chi connectivity index (χ3v) is 9.48. The van der Waals surface area contributed by atoms with Gasteiger partial charge < -0.3 is 14.5 Å². The topological polar surface area (TPSA) is 73.4 Å². The summed E-state index contributed by atoms with van der Waals surface area (Å²) in [6.45, 7) is 7.63. The van der Waals surface area contributed by atoms with Crippen molar-refractivity contribution in [3.63, 3.8) is 0 Å². The van der Waals surface area contributed by atoms with Crippen molar-refractivity contribution < 1.29 is 17.9 Å². The van der Waals surface area contributed by atoms with Crippen LogP contribution >= 0.6 is 0 Å². The highest BCUT2D eigenvalue weighted by Crippen LogP contribution is 2.28. The van der Waals surface area contributed by atoms with E-state index < -0.39 is 10.0 Å². The Hall–Kier alpha value is -3.40. The summed E-state index contributed by atoms with van der Waals surface area (Å²) in [5.41, 5.74) is 3.85. The molecule has 0 N–H and O–H groups in total. The number of piperazine rings is 2. The minimum atomic E-state index is -3.49. The number of anilines is 1. The zero-order chi connectivity index (χ0) is 27.4. The molecule has 0 atom stereocenters. The predicted octanol–water partition coefficient (Wildman–Crippen LogP) is 3.47. The summed E-state index contributed by atoms with van der Waals surface area (Å²) in [5.74, 6) is 0.893. The van der Waals surface area contributed by atoms with Gasteiger partial charge >= 0.3 is 0 Å². The lowest BCUT2D eigenvalue weighted by molar-refractivity contribution is 0.0746. The van der Waals surface area contributed by atoms with Gasteiger partial charge in [0.15, 0.2) is 0 Å². The quantitative estimate of drug-likeness (QED) is 0.450. The van der Waals surface area contributed by atoms with E-state index in [4.69, 9.17) is 4.74 Å². The fourth-order valence-corrected chi connectivity index (χ4v) is 6.69. The largest absolute Gasteiger partial charge is 0.495 e. The van der Waals surface area contributed by atoms with Gasteiger partial charge in [0.2, 0.25) is 10.0 Å². The molecule has 0 bridgehead atoms. The van der Waals surface area contributed by atoms with E-state index in [0.717, 1.165) is 35.7 Å². The lowest BCUT2D eigenvalue weighted by Gasteiger charge is -2.36.